The van der Waals surface area contributed by atoms with Crippen molar-refractivity contribution in [1.82, 2.24) is 14.6 Å². The second kappa shape index (κ2) is 11.3. The summed E-state index contributed by atoms with van der Waals surface area (Å²) in [7, 11) is -1.01. The summed E-state index contributed by atoms with van der Waals surface area (Å²) in [5.74, 6) is 0.716. The van der Waals surface area contributed by atoms with Crippen molar-refractivity contribution in [3.63, 3.8) is 0 Å². The molecule has 2 aromatic carbocycles. The molecule has 37 heavy (non-hydrogen) atoms. The summed E-state index contributed by atoms with van der Waals surface area (Å²) >= 11 is 5.94. The van der Waals surface area contributed by atoms with Crippen LogP contribution in [0.3, 0.4) is 0 Å². The van der Waals surface area contributed by atoms with E-state index in [-0.39, 0.29) is 17.8 Å². The number of morpholine rings is 1. The molecule has 2 aromatic heterocycles. The number of benzene rings is 2. The van der Waals surface area contributed by atoms with Gasteiger partial charge in [0.2, 0.25) is 5.91 Å². The molecule has 1 aliphatic rings. The molecule has 5 rings (SSSR count). The highest BCUT2D eigenvalue weighted by Crippen LogP contribution is 2.27. The van der Waals surface area contributed by atoms with E-state index in [4.69, 9.17) is 16.3 Å². The summed E-state index contributed by atoms with van der Waals surface area (Å²) in [4.78, 5) is 28.7. The van der Waals surface area contributed by atoms with Gasteiger partial charge in [0, 0.05) is 76.0 Å². The summed E-state index contributed by atoms with van der Waals surface area (Å²) in [5, 5.41) is 5.09. The Bertz CT molecular complexity index is 1500. The van der Waals surface area contributed by atoms with E-state index in [9.17, 15) is 13.8 Å². The highest BCUT2D eigenvalue weighted by Gasteiger charge is 2.19. The third-order valence-electron chi connectivity index (χ3n) is 6.79. The number of ether oxygens (including phenoxy) is 1. The van der Waals surface area contributed by atoms with Crippen molar-refractivity contribution in [2.75, 3.05) is 32.1 Å². The van der Waals surface area contributed by atoms with Crippen molar-refractivity contribution in [2.24, 2.45) is 0 Å². The number of pyridine rings is 1. The van der Waals surface area contributed by atoms with E-state index in [1.54, 1.807) is 18.3 Å². The van der Waals surface area contributed by atoms with Crippen LogP contribution in [0.4, 0.5) is 0 Å². The molecule has 4 aromatic rings. The molecule has 1 aliphatic heterocycles. The molecule has 3 heterocycles. The zero-order valence-corrected chi connectivity index (χ0v) is 22.4. The van der Waals surface area contributed by atoms with Crippen LogP contribution in [-0.2, 0) is 45.6 Å². The van der Waals surface area contributed by atoms with Gasteiger partial charge in [-0.25, -0.2) is 0 Å². The molecule has 1 fully saturated rings. The Morgan fingerprint density at radius 3 is 2.59 bits per heavy atom. The number of rotatable bonds is 9. The van der Waals surface area contributed by atoms with Gasteiger partial charge in [0.25, 0.3) is 0 Å². The van der Waals surface area contributed by atoms with E-state index >= 15 is 0 Å². The van der Waals surface area contributed by atoms with Crippen LogP contribution in [-0.4, -0.2) is 51.5 Å². The van der Waals surface area contributed by atoms with Crippen LogP contribution < -0.4 is 10.7 Å². The fraction of sp³-hybridized carbons (Fsp3) is 0.357. The molecule has 1 atom stereocenters. The lowest BCUT2D eigenvalue weighted by atomic mass is 10.0. The Labute approximate surface area is 223 Å². The van der Waals surface area contributed by atoms with Crippen LogP contribution in [0.2, 0.25) is 5.02 Å². The smallest absolute Gasteiger partial charge is 0.224 e. The van der Waals surface area contributed by atoms with E-state index < -0.39 is 10.8 Å². The summed E-state index contributed by atoms with van der Waals surface area (Å²) in [6, 6.07) is 13.4. The first kappa shape index (κ1) is 25.9. The van der Waals surface area contributed by atoms with Gasteiger partial charge in [0.1, 0.15) is 0 Å². The Morgan fingerprint density at radius 2 is 1.86 bits per heavy atom. The van der Waals surface area contributed by atoms with E-state index in [2.05, 4.69) is 16.3 Å². The van der Waals surface area contributed by atoms with Gasteiger partial charge in [-0.05, 0) is 41.5 Å². The van der Waals surface area contributed by atoms with Crippen molar-refractivity contribution in [1.29, 1.82) is 0 Å². The predicted octanol–water partition coefficient (Wildman–Crippen LogP) is 3.50. The van der Waals surface area contributed by atoms with Crippen LogP contribution in [0.5, 0.6) is 0 Å². The Hall–Kier alpha value is -2.78. The number of nitrogens with zero attached hydrogens (tertiary/aromatic N) is 2. The molecule has 0 radical (unpaired) electrons. The number of halogens is 1. The number of aromatic nitrogens is 1. The van der Waals surface area contributed by atoms with Gasteiger partial charge in [0.05, 0.1) is 30.9 Å². The average molecular weight is 540 g/mol. The van der Waals surface area contributed by atoms with Gasteiger partial charge in [-0.2, -0.15) is 0 Å². The van der Waals surface area contributed by atoms with Gasteiger partial charge in [0.15, 0.2) is 5.43 Å². The number of carbonyl (C=O) groups excluding carboxylic acids is 1. The number of hydrogen-bond donors (Lipinski definition) is 1. The van der Waals surface area contributed by atoms with Crippen LogP contribution in [0.15, 0.2) is 53.5 Å². The summed E-state index contributed by atoms with van der Waals surface area (Å²) in [6.45, 7) is 6.08. The molecule has 1 N–H and O–H groups in total. The van der Waals surface area contributed by atoms with Crippen LogP contribution in [0, 0.1) is 0 Å². The molecule has 0 aliphatic carbocycles. The monoisotopic (exact) mass is 539 g/mol. The zero-order valence-electron chi connectivity index (χ0n) is 20.8. The lowest BCUT2D eigenvalue weighted by Gasteiger charge is -2.26. The lowest BCUT2D eigenvalue weighted by molar-refractivity contribution is -0.120. The summed E-state index contributed by atoms with van der Waals surface area (Å²) < 4.78 is 19.9. The van der Waals surface area contributed by atoms with Gasteiger partial charge >= 0.3 is 0 Å². The second-order valence-electron chi connectivity index (χ2n) is 9.41. The Balaban J connectivity index is 1.48. The molecule has 1 saturated heterocycles. The van der Waals surface area contributed by atoms with Crippen molar-refractivity contribution in [3.8, 4) is 0 Å². The molecule has 0 spiro atoms. The van der Waals surface area contributed by atoms with Crippen molar-refractivity contribution in [3.05, 3.63) is 86.3 Å². The topological polar surface area (TPSA) is 80.1 Å². The minimum Gasteiger partial charge on any atom is -0.379 e. The number of amides is 1. The van der Waals surface area contributed by atoms with Gasteiger partial charge in [-0.15, -0.1) is 0 Å². The highest BCUT2D eigenvalue weighted by molar-refractivity contribution is 7.84. The van der Waals surface area contributed by atoms with E-state index in [0.717, 1.165) is 47.4 Å². The van der Waals surface area contributed by atoms with Crippen molar-refractivity contribution >= 4 is 44.6 Å². The maximum Gasteiger partial charge on any atom is 0.224 e. The zero-order chi connectivity index (χ0) is 25.9. The van der Waals surface area contributed by atoms with Crippen LogP contribution >= 0.6 is 11.6 Å². The van der Waals surface area contributed by atoms with Crippen LogP contribution in [0.25, 0.3) is 16.3 Å². The van der Waals surface area contributed by atoms with E-state index in [0.29, 0.717) is 47.2 Å². The molecular formula is C28H30ClN3O4S. The molecule has 1 unspecified atom stereocenters. The molecule has 9 heteroatoms. The minimum absolute atomic E-state index is 0.0322. The molecule has 0 bridgehead atoms. The van der Waals surface area contributed by atoms with Gasteiger partial charge < -0.3 is 14.5 Å². The predicted molar refractivity (Wildman–Crippen MR) is 148 cm³/mol. The Morgan fingerprint density at radius 1 is 1.11 bits per heavy atom. The maximum absolute atomic E-state index is 13.6. The standard InChI is InChI=1S/C28H30ClN3O4S/c1-2-37(35)18-24-13-21-11-20(16-31-7-9-36-10-8-31)12-25-27(21)32(24)17-22(28(25)34)14-26(33)30-15-19-3-5-23(29)6-4-19/h3-6,11-13,17H,2,7-10,14-16,18H2,1H3,(H,30,33). The van der Waals surface area contributed by atoms with Crippen molar-refractivity contribution < 1.29 is 13.7 Å². The normalized spacial score (nSPS) is 15.4. The Kier molecular flexibility index (Phi) is 7.90. The third-order valence-corrected chi connectivity index (χ3v) is 8.30. The second-order valence-corrected chi connectivity index (χ2v) is 11.6. The van der Waals surface area contributed by atoms with Gasteiger partial charge in [-0.1, -0.05) is 30.7 Å². The summed E-state index contributed by atoms with van der Waals surface area (Å²) in [6.07, 6.45) is 1.72. The van der Waals surface area contributed by atoms with Crippen LogP contribution in [0.1, 0.15) is 29.3 Å². The van der Waals surface area contributed by atoms with E-state index in [1.807, 2.05) is 35.6 Å². The van der Waals surface area contributed by atoms with Gasteiger partial charge in [-0.3, -0.25) is 18.7 Å². The van der Waals surface area contributed by atoms with E-state index in [1.165, 1.54) is 0 Å². The first-order valence-corrected chi connectivity index (χ1v) is 14.4. The molecule has 0 saturated carbocycles. The fourth-order valence-electron chi connectivity index (χ4n) is 4.85. The van der Waals surface area contributed by atoms with Crippen molar-refractivity contribution in [2.45, 2.75) is 32.2 Å². The first-order chi connectivity index (χ1) is 17.9. The number of nitrogens with one attached hydrogen (secondary N) is 1. The largest absolute Gasteiger partial charge is 0.379 e. The minimum atomic E-state index is -1.01. The SMILES string of the molecule is CCS(=O)Cc1cc2cc(CN3CCOCC3)cc3c(=O)c(CC(=O)NCc4ccc(Cl)cc4)cn1c23. The first-order valence-electron chi connectivity index (χ1n) is 12.5. The number of hydrogen-bond acceptors (Lipinski definition) is 5. The molecule has 1 amide bonds. The maximum atomic E-state index is 13.6. The average Bonchev–Trinajstić information content (AvgIpc) is 3.23. The number of carbonyl (C=O) groups is 1. The molecule has 194 valence electrons. The third kappa shape index (κ3) is 5.88. The fourth-order valence-corrected chi connectivity index (χ4v) is 5.73. The highest BCUT2D eigenvalue weighted by atomic mass is 35.5. The summed E-state index contributed by atoms with van der Waals surface area (Å²) in [5.41, 5.74) is 3.97. The molecular weight excluding hydrogens is 510 g/mol. The molecule has 7 nitrogen and oxygen atoms in total. The quantitative estimate of drug-likeness (QED) is 0.352. The lowest BCUT2D eigenvalue weighted by Crippen LogP contribution is -2.35.